The minimum Gasteiger partial charge on any atom is -0.326 e. The summed E-state index contributed by atoms with van der Waals surface area (Å²) in [6.45, 7) is 3.81. The molecule has 154 valence electrons. The van der Waals surface area contributed by atoms with Crippen LogP contribution in [0.1, 0.15) is 27.0 Å². The van der Waals surface area contributed by atoms with Crippen LogP contribution in [0.2, 0.25) is 0 Å². The molecule has 1 unspecified atom stereocenters. The Labute approximate surface area is 176 Å². The molecular formula is C24H23NO4S. The van der Waals surface area contributed by atoms with Gasteiger partial charge in [0, 0.05) is 12.1 Å². The molecule has 0 radical (unpaired) electrons. The molecule has 0 fully saturated rings. The maximum atomic E-state index is 13.9. The van der Waals surface area contributed by atoms with Gasteiger partial charge >= 0.3 is 0 Å². The van der Waals surface area contributed by atoms with E-state index in [0.29, 0.717) is 23.2 Å². The van der Waals surface area contributed by atoms with E-state index < -0.39 is 27.3 Å². The van der Waals surface area contributed by atoms with Crippen LogP contribution in [0.25, 0.3) is 0 Å². The van der Waals surface area contributed by atoms with Gasteiger partial charge in [-0.15, -0.1) is 6.58 Å². The third-order valence-corrected chi connectivity index (χ3v) is 5.85. The van der Waals surface area contributed by atoms with E-state index in [-0.39, 0.29) is 0 Å². The summed E-state index contributed by atoms with van der Waals surface area (Å²) >= 11 is 0. The van der Waals surface area contributed by atoms with Gasteiger partial charge in [-0.3, -0.25) is 4.79 Å². The topological polar surface area (TPSA) is 86.5 Å². The first kappa shape index (κ1) is 21.6. The van der Waals surface area contributed by atoms with Gasteiger partial charge in [0.2, 0.25) is 11.4 Å². The van der Waals surface area contributed by atoms with Crippen LogP contribution in [0, 0.1) is 0 Å². The zero-order chi connectivity index (χ0) is 21.6. The van der Waals surface area contributed by atoms with Crippen molar-refractivity contribution in [3.63, 3.8) is 0 Å². The molecular weight excluding hydrogens is 398 g/mol. The van der Waals surface area contributed by atoms with Gasteiger partial charge in [0.25, 0.3) is 10.1 Å². The lowest BCUT2D eigenvalue weighted by atomic mass is 9.80. The van der Waals surface area contributed by atoms with E-state index in [4.69, 9.17) is 9.92 Å². The maximum absolute atomic E-state index is 13.9. The molecule has 0 saturated heterocycles. The number of Topliss-reactive ketones (excluding diaryl/α,β-unsaturated/α-hetero) is 1. The van der Waals surface area contributed by atoms with Crippen LogP contribution in [-0.4, -0.2) is 20.0 Å². The van der Waals surface area contributed by atoms with Crippen LogP contribution >= 0.6 is 0 Å². The average molecular weight is 422 g/mol. The second kappa shape index (κ2) is 9.17. The smallest absolute Gasteiger partial charge is 0.272 e. The van der Waals surface area contributed by atoms with Crippen molar-refractivity contribution >= 4 is 15.9 Å². The van der Waals surface area contributed by atoms with Gasteiger partial charge < -0.3 is 5.73 Å². The van der Waals surface area contributed by atoms with Crippen LogP contribution in [-0.2, 0) is 26.4 Å². The van der Waals surface area contributed by atoms with Crippen LogP contribution in [0.3, 0.4) is 0 Å². The Balaban J connectivity index is 2.32. The minimum absolute atomic E-state index is 0.320. The van der Waals surface area contributed by atoms with Gasteiger partial charge in [-0.25, -0.2) is 4.18 Å². The molecule has 3 aromatic carbocycles. The summed E-state index contributed by atoms with van der Waals surface area (Å²) in [5, 5.41) is 0. The van der Waals surface area contributed by atoms with Crippen molar-refractivity contribution in [2.45, 2.75) is 12.1 Å². The van der Waals surface area contributed by atoms with Crippen molar-refractivity contribution in [1.82, 2.24) is 0 Å². The fourth-order valence-corrected chi connectivity index (χ4v) is 4.28. The van der Waals surface area contributed by atoms with Crippen LogP contribution in [0.5, 0.6) is 0 Å². The molecule has 0 spiro atoms. The van der Waals surface area contributed by atoms with Gasteiger partial charge in [0.1, 0.15) is 0 Å². The summed E-state index contributed by atoms with van der Waals surface area (Å²) < 4.78 is 31.3. The Kier molecular flexibility index (Phi) is 6.62. The highest BCUT2D eigenvalue weighted by molar-refractivity contribution is 7.86. The molecule has 0 amide bonds. The molecule has 3 aromatic rings. The quantitative estimate of drug-likeness (QED) is 0.323. The van der Waals surface area contributed by atoms with Crippen molar-refractivity contribution < 1.29 is 17.4 Å². The zero-order valence-electron chi connectivity index (χ0n) is 16.4. The molecule has 3 rings (SSSR count). The molecule has 2 N–H and O–H groups in total. The van der Waals surface area contributed by atoms with Gasteiger partial charge in [-0.1, -0.05) is 91.0 Å². The summed E-state index contributed by atoms with van der Waals surface area (Å²) in [5.41, 5.74) is 5.80. The molecule has 0 aliphatic carbocycles. The predicted molar refractivity (Wildman–Crippen MR) is 117 cm³/mol. The second-order valence-corrected chi connectivity index (χ2v) is 8.36. The summed E-state index contributed by atoms with van der Waals surface area (Å²) in [5.74, 6) is -0.910. The first-order valence-corrected chi connectivity index (χ1v) is 11.0. The first-order chi connectivity index (χ1) is 14.4. The highest BCUT2D eigenvalue weighted by Crippen LogP contribution is 2.39. The molecule has 0 saturated carbocycles. The fraction of sp³-hybridized carbons (Fsp3) is 0.125. The number of carbonyl (C=O) groups is 1. The van der Waals surface area contributed by atoms with Crippen molar-refractivity contribution in [3.8, 4) is 0 Å². The fourth-order valence-electron chi connectivity index (χ4n) is 3.27. The predicted octanol–water partition coefficient (Wildman–Crippen LogP) is 3.80. The second-order valence-electron chi connectivity index (χ2n) is 6.74. The summed E-state index contributed by atoms with van der Waals surface area (Å²) in [6.07, 6.45) is 1.23. The average Bonchev–Trinajstić information content (AvgIpc) is 2.78. The lowest BCUT2D eigenvalue weighted by molar-refractivity contribution is 0.0607. The van der Waals surface area contributed by atoms with E-state index in [9.17, 15) is 13.2 Å². The lowest BCUT2D eigenvalue weighted by Crippen LogP contribution is -2.42. The summed E-state index contributed by atoms with van der Waals surface area (Å²) in [4.78, 5) is 13.9. The third-order valence-electron chi connectivity index (χ3n) is 4.71. The summed E-state index contributed by atoms with van der Waals surface area (Å²) in [7, 11) is -4.12. The van der Waals surface area contributed by atoms with Crippen LogP contribution < -0.4 is 5.73 Å². The number of hydrogen-bond acceptors (Lipinski definition) is 5. The van der Waals surface area contributed by atoms with E-state index >= 15 is 0 Å². The summed E-state index contributed by atoms with van der Waals surface area (Å²) in [6, 6.07) is 24.0. The maximum Gasteiger partial charge on any atom is 0.272 e. The molecule has 0 aliphatic rings. The van der Waals surface area contributed by atoms with Gasteiger partial charge in [0.15, 0.2) is 0 Å². The Bertz CT molecular complexity index is 1110. The normalized spacial score (nSPS) is 13.4. The number of ketones is 1. The first-order valence-electron chi connectivity index (χ1n) is 9.42. The van der Waals surface area contributed by atoms with E-state index in [1.807, 2.05) is 0 Å². The molecule has 0 bridgehead atoms. The Hall–Kier alpha value is -3.06. The monoisotopic (exact) mass is 421 g/mol. The SMILES string of the molecule is C=CCS(=O)(=O)OC(C(=O)c1ccccc1)(c1ccccc1)c1ccc(CN)cc1. The van der Waals surface area contributed by atoms with Crippen molar-refractivity contribution in [2.75, 3.05) is 5.75 Å². The number of nitrogens with two attached hydrogens (primary N) is 1. The number of carbonyl (C=O) groups excluding carboxylic acids is 1. The Morgan fingerprint density at radius 2 is 1.43 bits per heavy atom. The minimum atomic E-state index is -4.12. The number of rotatable bonds is 9. The highest BCUT2D eigenvalue weighted by atomic mass is 32.2. The highest BCUT2D eigenvalue weighted by Gasteiger charge is 2.47. The molecule has 30 heavy (non-hydrogen) atoms. The molecule has 1 atom stereocenters. The van der Waals surface area contributed by atoms with Gasteiger partial charge in [-0.05, 0) is 16.7 Å². The number of benzene rings is 3. The molecule has 5 nitrogen and oxygen atoms in total. The van der Waals surface area contributed by atoms with E-state index in [1.54, 1.807) is 84.9 Å². The van der Waals surface area contributed by atoms with Gasteiger partial charge in [0.05, 0.1) is 5.75 Å². The van der Waals surface area contributed by atoms with Crippen LogP contribution in [0.4, 0.5) is 0 Å². The van der Waals surface area contributed by atoms with Crippen molar-refractivity contribution in [2.24, 2.45) is 5.73 Å². The van der Waals surface area contributed by atoms with E-state index in [0.717, 1.165) is 5.56 Å². The van der Waals surface area contributed by atoms with Crippen molar-refractivity contribution in [3.05, 3.63) is 120 Å². The molecule has 0 heterocycles. The lowest BCUT2D eigenvalue weighted by Gasteiger charge is -2.33. The van der Waals surface area contributed by atoms with Crippen molar-refractivity contribution in [1.29, 1.82) is 0 Å². The zero-order valence-corrected chi connectivity index (χ0v) is 17.2. The Morgan fingerprint density at radius 1 is 0.900 bits per heavy atom. The molecule has 0 aliphatic heterocycles. The third kappa shape index (κ3) is 4.41. The van der Waals surface area contributed by atoms with Gasteiger partial charge in [-0.2, -0.15) is 8.42 Å². The molecule has 0 aromatic heterocycles. The van der Waals surface area contributed by atoms with E-state index in [1.165, 1.54) is 6.08 Å². The molecule has 6 heteroatoms. The largest absolute Gasteiger partial charge is 0.326 e. The Morgan fingerprint density at radius 3 is 1.97 bits per heavy atom. The number of hydrogen-bond donors (Lipinski definition) is 1. The van der Waals surface area contributed by atoms with Crippen LogP contribution in [0.15, 0.2) is 97.6 Å². The standard InChI is InChI=1S/C24H23NO4S/c1-2-17-30(27,28)29-24(21-11-7-4-8-12-21,22-15-13-19(18-25)14-16-22)23(26)20-9-5-3-6-10-20/h2-16H,1,17-18,25H2. The van der Waals surface area contributed by atoms with E-state index in [2.05, 4.69) is 6.58 Å².